The van der Waals surface area contributed by atoms with E-state index >= 15 is 0 Å². The van der Waals surface area contributed by atoms with Gasteiger partial charge in [0.1, 0.15) is 17.4 Å². The number of carbonyl (C=O) groups is 3. The van der Waals surface area contributed by atoms with Crippen LogP contribution in [0.4, 0.5) is 11.5 Å². The minimum absolute atomic E-state index is 0.0305. The Morgan fingerprint density at radius 1 is 1.15 bits per heavy atom. The molecule has 33 heavy (non-hydrogen) atoms. The van der Waals surface area contributed by atoms with Crippen LogP contribution in [0.3, 0.4) is 0 Å². The zero-order chi connectivity index (χ0) is 23.1. The first kappa shape index (κ1) is 20.7. The highest BCUT2D eigenvalue weighted by atomic mass is 16.4. The van der Waals surface area contributed by atoms with Crippen molar-refractivity contribution in [2.75, 3.05) is 10.6 Å². The summed E-state index contributed by atoms with van der Waals surface area (Å²) in [5.41, 5.74) is 4.39. The van der Waals surface area contributed by atoms with Crippen molar-refractivity contribution in [2.24, 2.45) is 0 Å². The lowest BCUT2D eigenvalue weighted by molar-refractivity contribution is -0.116. The Balaban J connectivity index is 1.56. The van der Waals surface area contributed by atoms with E-state index in [-0.39, 0.29) is 17.3 Å². The molecule has 1 aliphatic heterocycles. The molecule has 5 rings (SSSR count). The topological polar surface area (TPSA) is 113 Å². The summed E-state index contributed by atoms with van der Waals surface area (Å²) in [6.45, 7) is 1.95. The van der Waals surface area contributed by atoms with Crippen LogP contribution in [0.2, 0.25) is 0 Å². The van der Waals surface area contributed by atoms with E-state index in [1.807, 2.05) is 31.2 Å². The van der Waals surface area contributed by atoms with Crippen LogP contribution in [0.15, 0.2) is 66.0 Å². The molecule has 0 spiro atoms. The maximum Gasteiger partial charge on any atom is 0.335 e. The maximum atomic E-state index is 13.1. The highest BCUT2D eigenvalue weighted by Crippen LogP contribution is 2.41. The van der Waals surface area contributed by atoms with Crippen LogP contribution >= 0.6 is 0 Å². The summed E-state index contributed by atoms with van der Waals surface area (Å²) < 4.78 is 1.64. The number of anilines is 2. The number of carboxylic acid groups (broad SMARTS) is 1. The molecule has 0 unspecified atom stereocenters. The van der Waals surface area contributed by atoms with Gasteiger partial charge in [-0.25, -0.2) is 9.48 Å². The average molecular weight is 442 g/mol. The minimum atomic E-state index is -1.02. The number of carbonyl (C=O) groups excluding carboxylic acids is 2. The lowest BCUT2D eigenvalue weighted by Gasteiger charge is -2.33. The van der Waals surface area contributed by atoms with Gasteiger partial charge in [0.25, 0.3) is 5.91 Å². The summed E-state index contributed by atoms with van der Waals surface area (Å²) in [6, 6.07) is 13.4. The Bertz CT molecular complexity index is 1320. The van der Waals surface area contributed by atoms with Crippen molar-refractivity contribution in [2.45, 2.75) is 32.2 Å². The van der Waals surface area contributed by atoms with Crippen LogP contribution < -0.4 is 10.6 Å². The molecule has 3 aromatic rings. The fraction of sp³-hybridized carbons (Fsp3) is 0.200. The molecule has 0 bridgehead atoms. The highest BCUT2D eigenvalue weighted by Gasteiger charge is 2.37. The molecule has 166 valence electrons. The van der Waals surface area contributed by atoms with Crippen molar-refractivity contribution in [3.63, 3.8) is 0 Å². The summed E-state index contributed by atoms with van der Waals surface area (Å²) in [5, 5.41) is 19.9. The quantitative estimate of drug-likeness (QED) is 0.559. The van der Waals surface area contributed by atoms with E-state index in [0.717, 1.165) is 23.2 Å². The summed E-state index contributed by atoms with van der Waals surface area (Å²) in [7, 11) is 0. The third kappa shape index (κ3) is 3.69. The van der Waals surface area contributed by atoms with Gasteiger partial charge >= 0.3 is 5.97 Å². The second-order valence-electron chi connectivity index (χ2n) is 8.30. The number of fused-ring (bicyclic) bond motifs is 1. The summed E-state index contributed by atoms with van der Waals surface area (Å²) in [4.78, 5) is 37.3. The number of aromatic nitrogens is 2. The summed E-state index contributed by atoms with van der Waals surface area (Å²) in [6.07, 6.45) is 3.36. The Morgan fingerprint density at radius 2 is 1.94 bits per heavy atom. The van der Waals surface area contributed by atoms with Gasteiger partial charge in [0.05, 0.1) is 11.8 Å². The lowest BCUT2D eigenvalue weighted by atomic mass is 9.85. The smallest absolute Gasteiger partial charge is 0.335 e. The molecule has 0 fully saturated rings. The second kappa shape index (κ2) is 8.05. The van der Waals surface area contributed by atoms with Crippen molar-refractivity contribution < 1.29 is 19.5 Å². The van der Waals surface area contributed by atoms with E-state index in [2.05, 4.69) is 15.7 Å². The first-order chi connectivity index (χ1) is 15.9. The fourth-order valence-corrected chi connectivity index (χ4v) is 4.46. The molecule has 1 aromatic heterocycles. The van der Waals surface area contributed by atoms with Gasteiger partial charge in [0, 0.05) is 23.4 Å². The lowest BCUT2D eigenvalue weighted by Crippen LogP contribution is -2.32. The first-order valence-corrected chi connectivity index (χ1v) is 10.7. The van der Waals surface area contributed by atoms with Crippen LogP contribution in [0.5, 0.6) is 0 Å². The monoisotopic (exact) mass is 442 g/mol. The number of aryl methyl sites for hydroxylation is 1. The molecule has 3 N–H and O–H groups in total. The van der Waals surface area contributed by atoms with Gasteiger partial charge in [-0.1, -0.05) is 24.3 Å². The third-order valence-electron chi connectivity index (χ3n) is 6.03. The number of nitrogens with zero attached hydrogens (tertiary/aromatic N) is 2. The number of aromatic carboxylic acids is 1. The molecule has 8 heteroatoms. The van der Waals surface area contributed by atoms with E-state index < -0.39 is 12.0 Å². The van der Waals surface area contributed by atoms with Gasteiger partial charge in [-0.2, -0.15) is 5.10 Å². The molecule has 2 heterocycles. The van der Waals surface area contributed by atoms with E-state index in [0.29, 0.717) is 35.5 Å². The summed E-state index contributed by atoms with van der Waals surface area (Å²) >= 11 is 0. The SMILES string of the molecule is Cc1cccc(NC(=O)c2cnn3c2NC2=C(C(=O)CCC2)[C@H]3c2ccc(C(=O)O)cc2)c1. The zero-order valence-electron chi connectivity index (χ0n) is 18.0. The number of hydrogen-bond donors (Lipinski definition) is 3. The summed E-state index contributed by atoms with van der Waals surface area (Å²) in [5.74, 6) is -0.778. The normalized spacial score (nSPS) is 17.1. The second-order valence-corrected chi connectivity index (χ2v) is 8.30. The standard InChI is InChI=1S/C25H22N4O4/c1-14-4-2-5-17(12-14)27-24(31)18-13-26-29-22(15-8-10-16(11-9-15)25(32)33)21-19(28-23(18)29)6-3-7-20(21)30/h2,4-5,8-13,22,28H,3,6-7H2,1H3,(H,27,31)(H,32,33)/t22-/m1/s1. The van der Waals surface area contributed by atoms with Crippen molar-refractivity contribution in [1.82, 2.24) is 9.78 Å². The molecule has 0 saturated heterocycles. The molecule has 2 aromatic carbocycles. The maximum absolute atomic E-state index is 13.1. The van der Waals surface area contributed by atoms with Gasteiger partial charge in [-0.15, -0.1) is 0 Å². The Hall–Kier alpha value is -4.20. The molecule has 2 aliphatic rings. The molecule has 8 nitrogen and oxygen atoms in total. The number of allylic oxidation sites excluding steroid dienone is 2. The van der Waals surface area contributed by atoms with Crippen molar-refractivity contribution in [1.29, 1.82) is 0 Å². The average Bonchev–Trinajstić information content (AvgIpc) is 3.22. The van der Waals surface area contributed by atoms with Crippen molar-refractivity contribution in [3.05, 3.63) is 88.3 Å². The van der Waals surface area contributed by atoms with Gasteiger partial charge in [0.15, 0.2) is 5.78 Å². The van der Waals surface area contributed by atoms with Gasteiger partial charge in [-0.05, 0) is 55.2 Å². The molecule has 0 radical (unpaired) electrons. The molecule has 1 amide bonds. The fourth-order valence-electron chi connectivity index (χ4n) is 4.46. The molecular formula is C25H22N4O4. The first-order valence-electron chi connectivity index (χ1n) is 10.7. The van der Waals surface area contributed by atoms with E-state index in [4.69, 9.17) is 0 Å². The van der Waals surface area contributed by atoms with E-state index in [1.54, 1.807) is 16.8 Å². The van der Waals surface area contributed by atoms with Gasteiger partial charge < -0.3 is 15.7 Å². The van der Waals surface area contributed by atoms with E-state index in [1.165, 1.54) is 18.3 Å². The largest absolute Gasteiger partial charge is 0.478 e. The van der Waals surface area contributed by atoms with E-state index in [9.17, 15) is 19.5 Å². The number of amides is 1. The number of hydrogen-bond acceptors (Lipinski definition) is 5. The predicted octanol–water partition coefficient (Wildman–Crippen LogP) is 4.16. The molecule has 1 atom stereocenters. The number of Topliss-reactive ketones (excluding diaryl/α,β-unsaturated/α-hetero) is 1. The number of ketones is 1. The molecule has 1 aliphatic carbocycles. The van der Waals surface area contributed by atoms with Crippen molar-refractivity contribution in [3.8, 4) is 0 Å². The molecular weight excluding hydrogens is 420 g/mol. The number of carboxylic acids is 1. The minimum Gasteiger partial charge on any atom is -0.478 e. The van der Waals surface area contributed by atoms with Crippen LogP contribution in [0.25, 0.3) is 0 Å². The zero-order valence-corrected chi connectivity index (χ0v) is 18.0. The number of nitrogens with one attached hydrogen (secondary N) is 2. The van der Waals surface area contributed by atoms with Gasteiger partial charge in [-0.3, -0.25) is 9.59 Å². The van der Waals surface area contributed by atoms with Crippen molar-refractivity contribution >= 4 is 29.2 Å². The van der Waals surface area contributed by atoms with Crippen LogP contribution in [-0.4, -0.2) is 32.5 Å². The third-order valence-corrected chi connectivity index (χ3v) is 6.03. The Labute approximate surface area is 189 Å². The molecule has 0 saturated carbocycles. The van der Waals surface area contributed by atoms with Crippen LogP contribution in [-0.2, 0) is 4.79 Å². The Morgan fingerprint density at radius 3 is 2.67 bits per heavy atom. The predicted molar refractivity (Wildman–Crippen MR) is 122 cm³/mol. The number of benzene rings is 2. The Kier molecular flexibility index (Phi) is 5.05. The van der Waals surface area contributed by atoms with Gasteiger partial charge in [0.2, 0.25) is 0 Å². The highest BCUT2D eigenvalue weighted by molar-refractivity contribution is 6.08. The van der Waals surface area contributed by atoms with Crippen LogP contribution in [0, 0.1) is 6.92 Å². The number of rotatable bonds is 4. The van der Waals surface area contributed by atoms with Crippen LogP contribution in [0.1, 0.15) is 57.1 Å².